The van der Waals surface area contributed by atoms with Gasteiger partial charge in [0.1, 0.15) is 5.75 Å². The van der Waals surface area contributed by atoms with E-state index in [1.165, 1.54) is 18.2 Å². The molecule has 1 fully saturated rings. The monoisotopic (exact) mass is 389 g/mol. The van der Waals surface area contributed by atoms with Gasteiger partial charge in [0.25, 0.3) is 5.91 Å². The lowest BCUT2D eigenvalue weighted by molar-refractivity contribution is -0.385. The van der Waals surface area contributed by atoms with Gasteiger partial charge in [-0.3, -0.25) is 14.9 Å². The van der Waals surface area contributed by atoms with Crippen molar-refractivity contribution in [1.82, 2.24) is 10.2 Å². The number of carbonyl (C=O) groups excluding carboxylic acids is 1. The first-order valence-corrected chi connectivity index (χ1v) is 9.04. The maximum Gasteiger partial charge on any atom is 0.313 e. The highest BCUT2D eigenvalue weighted by Crippen LogP contribution is 2.33. The summed E-state index contributed by atoms with van der Waals surface area (Å²) < 4.78 is 5.60. The van der Waals surface area contributed by atoms with Crippen molar-refractivity contribution in [1.29, 1.82) is 0 Å². The lowest BCUT2D eigenvalue weighted by atomic mass is 10.0. The van der Waals surface area contributed by atoms with Crippen LogP contribution >= 0.6 is 11.6 Å². The molecule has 1 heterocycles. The Morgan fingerprint density at radius 2 is 1.89 bits per heavy atom. The number of halogens is 1. The number of carbonyl (C=O) groups is 1. The Balaban J connectivity index is 1.69. The fourth-order valence-corrected chi connectivity index (χ4v) is 3.23. The zero-order valence-corrected chi connectivity index (χ0v) is 15.6. The predicted molar refractivity (Wildman–Crippen MR) is 103 cm³/mol. The molecule has 0 atom stereocenters. The molecule has 2 aromatic rings. The molecule has 142 valence electrons. The summed E-state index contributed by atoms with van der Waals surface area (Å²) in [6.45, 7) is 1.44. The van der Waals surface area contributed by atoms with Crippen LogP contribution < -0.4 is 10.1 Å². The minimum Gasteiger partial charge on any atom is -0.450 e. The Hall–Kier alpha value is -2.64. The fourth-order valence-electron chi connectivity index (χ4n) is 3.07. The molecular weight excluding hydrogens is 370 g/mol. The number of nitrogens with zero attached hydrogens (tertiary/aromatic N) is 2. The Bertz CT molecular complexity index is 833. The topological polar surface area (TPSA) is 84.7 Å². The number of ether oxygens (including phenoxy) is 1. The van der Waals surface area contributed by atoms with Gasteiger partial charge in [-0.1, -0.05) is 11.6 Å². The first-order valence-electron chi connectivity index (χ1n) is 8.66. The van der Waals surface area contributed by atoms with E-state index in [4.69, 9.17) is 16.3 Å². The molecule has 1 N–H and O–H groups in total. The maximum absolute atomic E-state index is 12.6. The smallest absolute Gasteiger partial charge is 0.313 e. The van der Waals surface area contributed by atoms with Crippen LogP contribution in [0.3, 0.4) is 0 Å². The number of benzene rings is 2. The number of likely N-dealkylation sites (tertiary alicyclic amines) is 1. The van der Waals surface area contributed by atoms with Crippen LogP contribution in [0, 0.1) is 10.1 Å². The van der Waals surface area contributed by atoms with Crippen LogP contribution in [0.1, 0.15) is 23.2 Å². The number of hydrogen-bond acceptors (Lipinski definition) is 5. The van der Waals surface area contributed by atoms with Crippen molar-refractivity contribution >= 4 is 23.2 Å². The van der Waals surface area contributed by atoms with Crippen LogP contribution in [-0.4, -0.2) is 41.9 Å². The first kappa shape index (κ1) is 19.1. The molecule has 1 amide bonds. The zero-order valence-electron chi connectivity index (χ0n) is 14.9. The lowest BCUT2D eigenvalue weighted by Crippen LogP contribution is -2.43. The molecule has 1 aliphatic rings. The number of rotatable bonds is 5. The molecule has 0 aromatic heterocycles. The quantitative estimate of drug-likeness (QED) is 0.620. The summed E-state index contributed by atoms with van der Waals surface area (Å²) in [5.41, 5.74) is 0.353. The van der Waals surface area contributed by atoms with Crippen LogP contribution in [-0.2, 0) is 0 Å². The Labute approximate surface area is 162 Å². The molecule has 0 spiro atoms. The predicted octanol–water partition coefficient (Wildman–Crippen LogP) is 3.86. The van der Waals surface area contributed by atoms with E-state index >= 15 is 0 Å². The van der Waals surface area contributed by atoms with E-state index in [1.807, 2.05) is 11.9 Å². The highest BCUT2D eigenvalue weighted by atomic mass is 35.5. The van der Waals surface area contributed by atoms with Crippen LogP contribution in [0.2, 0.25) is 5.02 Å². The van der Waals surface area contributed by atoms with Crippen molar-refractivity contribution in [3.8, 4) is 11.5 Å². The minimum atomic E-state index is -0.548. The molecule has 3 rings (SSSR count). The van der Waals surface area contributed by atoms with Gasteiger partial charge in [-0.25, -0.2) is 0 Å². The lowest BCUT2D eigenvalue weighted by Gasteiger charge is -2.31. The van der Waals surface area contributed by atoms with Gasteiger partial charge in [-0.05, 0) is 56.3 Å². The van der Waals surface area contributed by atoms with Crippen LogP contribution in [0.5, 0.6) is 11.5 Å². The van der Waals surface area contributed by atoms with Gasteiger partial charge in [0.15, 0.2) is 0 Å². The van der Waals surface area contributed by atoms with Crippen molar-refractivity contribution in [2.75, 3.05) is 20.1 Å². The molecule has 0 aliphatic carbocycles. The highest BCUT2D eigenvalue weighted by molar-refractivity contribution is 6.30. The number of hydrogen-bond donors (Lipinski definition) is 1. The van der Waals surface area contributed by atoms with E-state index in [0.717, 1.165) is 25.9 Å². The van der Waals surface area contributed by atoms with E-state index in [9.17, 15) is 14.9 Å². The zero-order chi connectivity index (χ0) is 19.4. The van der Waals surface area contributed by atoms with Gasteiger partial charge >= 0.3 is 5.69 Å². The second-order valence-electron chi connectivity index (χ2n) is 6.35. The van der Waals surface area contributed by atoms with Gasteiger partial charge in [-0.15, -0.1) is 0 Å². The second kappa shape index (κ2) is 8.37. The van der Waals surface area contributed by atoms with Gasteiger partial charge in [0.2, 0.25) is 5.75 Å². The number of nitro groups is 1. The van der Waals surface area contributed by atoms with E-state index in [2.05, 4.69) is 5.32 Å². The fraction of sp³-hybridized carbons (Fsp3) is 0.316. The molecule has 2 aromatic carbocycles. The van der Waals surface area contributed by atoms with Gasteiger partial charge in [0.05, 0.1) is 4.92 Å². The van der Waals surface area contributed by atoms with Gasteiger partial charge in [-0.2, -0.15) is 0 Å². The normalized spacial score (nSPS) is 14.8. The van der Waals surface area contributed by atoms with Crippen LogP contribution in [0.25, 0.3) is 0 Å². The number of amides is 1. The van der Waals surface area contributed by atoms with E-state index in [-0.39, 0.29) is 22.4 Å². The molecule has 0 saturated carbocycles. The average Bonchev–Trinajstić information content (AvgIpc) is 2.69. The van der Waals surface area contributed by atoms with Crippen molar-refractivity contribution in [3.05, 3.63) is 63.2 Å². The molecule has 1 saturated heterocycles. The third-order valence-corrected chi connectivity index (χ3v) is 4.87. The molecule has 1 aliphatic heterocycles. The van der Waals surface area contributed by atoms with Crippen molar-refractivity contribution in [2.24, 2.45) is 0 Å². The first-order chi connectivity index (χ1) is 13.0. The Morgan fingerprint density at radius 1 is 1.22 bits per heavy atom. The maximum atomic E-state index is 12.6. The third kappa shape index (κ3) is 4.56. The van der Waals surface area contributed by atoms with E-state index in [0.29, 0.717) is 17.4 Å². The van der Waals surface area contributed by atoms with Gasteiger partial charge < -0.3 is 15.0 Å². The Morgan fingerprint density at radius 3 is 2.48 bits per heavy atom. The molecule has 0 bridgehead atoms. The number of nitrogens with one attached hydrogen (secondary N) is 1. The summed E-state index contributed by atoms with van der Waals surface area (Å²) in [7, 11) is 1.94. The standard InChI is InChI=1S/C19H20ClN3O4/c1-21-15-8-10-22(11-9-15)19(24)13-2-5-16(6-3-13)27-18-7-4-14(20)12-17(18)23(25)26/h2-7,12,15,21H,8-11H2,1H3. The van der Waals surface area contributed by atoms with Crippen molar-refractivity contribution in [2.45, 2.75) is 18.9 Å². The summed E-state index contributed by atoms with van der Waals surface area (Å²) in [6, 6.07) is 11.3. The van der Waals surface area contributed by atoms with Crippen molar-refractivity contribution in [3.63, 3.8) is 0 Å². The van der Waals surface area contributed by atoms with Gasteiger partial charge in [0, 0.05) is 35.8 Å². The summed E-state index contributed by atoms with van der Waals surface area (Å²) >= 11 is 5.81. The third-order valence-electron chi connectivity index (χ3n) is 4.64. The van der Waals surface area contributed by atoms with Crippen LogP contribution in [0.15, 0.2) is 42.5 Å². The summed E-state index contributed by atoms with van der Waals surface area (Å²) in [5, 5.41) is 14.6. The molecule has 27 heavy (non-hydrogen) atoms. The number of nitro benzene ring substituents is 1. The SMILES string of the molecule is CNC1CCN(C(=O)c2ccc(Oc3ccc(Cl)cc3[N+](=O)[O-])cc2)CC1. The second-order valence-corrected chi connectivity index (χ2v) is 6.79. The molecule has 7 nitrogen and oxygen atoms in total. The molecule has 0 unspecified atom stereocenters. The molecule has 0 radical (unpaired) electrons. The average molecular weight is 390 g/mol. The molecule has 8 heteroatoms. The van der Waals surface area contributed by atoms with Crippen LogP contribution in [0.4, 0.5) is 5.69 Å². The van der Waals surface area contributed by atoms with E-state index < -0.39 is 4.92 Å². The van der Waals surface area contributed by atoms with E-state index in [1.54, 1.807) is 24.3 Å². The number of piperidine rings is 1. The molecular formula is C19H20ClN3O4. The summed E-state index contributed by atoms with van der Waals surface area (Å²) in [6.07, 6.45) is 1.87. The Kier molecular flexibility index (Phi) is 5.93. The summed E-state index contributed by atoms with van der Waals surface area (Å²) in [5.74, 6) is 0.483. The largest absolute Gasteiger partial charge is 0.450 e. The van der Waals surface area contributed by atoms with Crippen molar-refractivity contribution < 1.29 is 14.5 Å². The minimum absolute atomic E-state index is 0.0198. The summed E-state index contributed by atoms with van der Waals surface area (Å²) in [4.78, 5) is 25.0. The highest BCUT2D eigenvalue weighted by Gasteiger charge is 2.23.